The van der Waals surface area contributed by atoms with E-state index in [0.29, 0.717) is 18.1 Å². The first-order valence-corrected chi connectivity index (χ1v) is 6.95. The van der Waals surface area contributed by atoms with Gasteiger partial charge in [0.05, 0.1) is 11.7 Å². The third-order valence-corrected chi connectivity index (χ3v) is 3.74. The van der Waals surface area contributed by atoms with Crippen molar-refractivity contribution in [3.8, 4) is 0 Å². The molecule has 3 nitrogen and oxygen atoms in total. The fourth-order valence-corrected chi connectivity index (χ4v) is 2.69. The number of hydrogen-bond donors (Lipinski definition) is 0. The lowest BCUT2D eigenvalue weighted by molar-refractivity contribution is 0.0923. The van der Waals surface area contributed by atoms with Crippen molar-refractivity contribution < 1.29 is 13.9 Å². The molecule has 0 spiro atoms. The summed E-state index contributed by atoms with van der Waals surface area (Å²) in [5, 5.41) is 0.921. The molecule has 0 bridgehead atoms. The second kappa shape index (κ2) is 5.57. The van der Waals surface area contributed by atoms with Crippen LogP contribution in [0.25, 0.3) is 11.0 Å². The molecule has 0 saturated carbocycles. The third-order valence-electron chi connectivity index (χ3n) is 3.74. The first kappa shape index (κ1) is 12.4. The maximum absolute atomic E-state index is 12.2. The standard InChI is InChI=1S/C16H18O3/c17-15(8-3-5-12-6-4-10-18-12)14-11-19-16-9-2-1-7-13(14)16/h1-2,7,9,11-12H,3-6,8,10H2. The molecule has 3 rings (SSSR count). The SMILES string of the molecule is O=C(CCCC1CCCO1)c1coc2ccccc12. The first-order chi connectivity index (χ1) is 9.34. The maximum Gasteiger partial charge on any atom is 0.166 e. The molecule has 1 aliphatic rings. The molecule has 1 aliphatic heterocycles. The number of fused-ring (bicyclic) bond motifs is 1. The minimum absolute atomic E-state index is 0.169. The fraction of sp³-hybridized carbons (Fsp3) is 0.438. The predicted molar refractivity (Wildman–Crippen MR) is 73.4 cm³/mol. The normalized spacial score (nSPS) is 19.1. The Balaban J connectivity index is 1.60. The van der Waals surface area contributed by atoms with E-state index < -0.39 is 0 Å². The number of carbonyl (C=O) groups excluding carboxylic acids is 1. The number of rotatable bonds is 5. The van der Waals surface area contributed by atoms with E-state index in [0.717, 1.165) is 43.3 Å². The molecule has 1 atom stereocenters. The molecular weight excluding hydrogens is 240 g/mol. The molecule has 1 aromatic heterocycles. The molecule has 19 heavy (non-hydrogen) atoms. The molecule has 0 N–H and O–H groups in total. The molecule has 0 amide bonds. The van der Waals surface area contributed by atoms with E-state index in [4.69, 9.17) is 9.15 Å². The summed E-state index contributed by atoms with van der Waals surface area (Å²) in [6.45, 7) is 0.880. The van der Waals surface area contributed by atoms with Gasteiger partial charge in [-0.05, 0) is 31.7 Å². The summed E-state index contributed by atoms with van der Waals surface area (Å²) in [7, 11) is 0. The highest BCUT2D eigenvalue weighted by molar-refractivity contribution is 6.06. The summed E-state index contributed by atoms with van der Waals surface area (Å²) in [5.41, 5.74) is 1.49. The molecule has 2 heterocycles. The number of benzene rings is 1. The van der Waals surface area contributed by atoms with Gasteiger partial charge in [-0.2, -0.15) is 0 Å². The van der Waals surface area contributed by atoms with Crippen LogP contribution in [0.5, 0.6) is 0 Å². The Kier molecular flexibility index (Phi) is 3.65. The predicted octanol–water partition coefficient (Wildman–Crippen LogP) is 3.96. The van der Waals surface area contributed by atoms with Crippen LogP contribution in [0.4, 0.5) is 0 Å². The van der Waals surface area contributed by atoms with Gasteiger partial charge < -0.3 is 9.15 Å². The van der Waals surface area contributed by atoms with Crippen LogP contribution in [0.15, 0.2) is 34.9 Å². The van der Waals surface area contributed by atoms with Gasteiger partial charge in [0.25, 0.3) is 0 Å². The Hall–Kier alpha value is -1.61. The molecule has 2 aromatic rings. The molecule has 0 radical (unpaired) electrons. The quantitative estimate of drug-likeness (QED) is 0.762. The van der Waals surface area contributed by atoms with Crippen molar-refractivity contribution in [3.63, 3.8) is 0 Å². The molecule has 3 heteroatoms. The van der Waals surface area contributed by atoms with E-state index in [2.05, 4.69) is 0 Å². The molecule has 1 saturated heterocycles. The topological polar surface area (TPSA) is 39.4 Å². The number of para-hydroxylation sites is 1. The van der Waals surface area contributed by atoms with Crippen molar-refractivity contribution in [1.29, 1.82) is 0 Å². The van der Waals surface area contributed by atoms with Crippen LogP contribution in [0.1, 0.15) is 42.5 Å². The summed E-state index contributed by atoms with van der Waals surface area (Å²) >= 11 is 0. The number of furan rings is 1. The highest BCUT2D eigenvalue weighted by Crippen LogP contribution is 2.23. The Labute approximate surface area is 112 Å². The van der Waals surface area contributed by atoms with E-state index in [1.54, 1.807) is 6.26 Å². The van der Waals surface area contributed by atoms with Crippen LogP contribution in [-0.2, 0) is 4.74 Å². The van der Waals surface area contributed by atoms with Crippen LogP contribution in [0.3, 0.4) is 0 Å². The Bertz CT molecular complexity index is 564. The number of carbonyl (C=O) groups is 1. The first-order valence-electron chi connectivity index (χ1n) is 6.95. The van der Waals surface area contributed by atoms with Gasteiger partial charge in [0, 0.05) is 18.4 Å². The van der Waals surface area contributed by atoms with Crippen LogP contribution in [0.2, 0.25) is 0 Å². The highest BCUT2D eigenvalue weighted by Gasteiger charge is 2.17. The number of ether oxygens (including phenoxy) is 1. The summed E-state index contributed by atoms with van der Waals surface area (Å²) < 4.78 is 11.0. The zero-order chi connectivity index (χ0) is 13.1. The van der Waals surface area contributed by atoms with Gasteiger partial charge in [-0.25, -0.2) is 0 Å². The van der Waals surface area contributed by atoms with Gasteiger partial charge in [0.15, 0.2) is 5.78 Å². The lowest BCUT2D eigenvalue weighted by atomic mass is 10.0. The Morgan fingerprint density at radius 3 is 3.05 bits per heavy atom. The number of hydrogen-bond acceptors (Lipinski definition) is 3. The van der Waals surface area contributed by atoms with E-state index in [9.17, 15) is 4.79 Å². The van der Waals surface area contributed by atoms with Gasteiger partial charge in [0.2, 0.25) is 0 Å². The van der Waals surface area contributed by atoms with E-state index in [1.807, 2.05) is 24.3 Å². The van der Waals surface area contributed by atoms with Gasteiger partial charge in [-0.15, -0.1) is 0 Å². The number of Topliss-reactive ketones (excluding diaryl/α,β-unsaturated/α-hetero) is 1. The third kappa shape index (κ3) is 2.71. The van der Waals surface area contributed by atoms with E-state index in [-0.39, 0.29) is 5.78 Å². The minimum Gasteiger partial charge on any atom is -0.464 e. The average Bonchev–Trinajstić information content (AvgIpc) is 3.07. The maximum atomic E-state index is 12.2. The van der Waals surface area contributed by atoms with Crippen molar-refractivity contribution in [2.24, 2.45) is 0 Å². The van der Waals surface area contributed by atoms with Crippen molar-refractivity contribution >= 4 is 16.8 Å². The molecular formula is C16H18O3. The van der Waals surface area contributed by atoms with Crippen molar-refractivity contribution in [3.05, 3.63) is 36.1 Å². The summed E-state index contributed by atoms with van der Waals surface area (Å²) in [5.74, 6) is 0.169. The fourth-order valence-electron chi connectivity index (χ4n) is 2.69. The average molecular weight is 258 g/mol. The van der Waals surface area contributed by atoms with Crippen molar-refractivity contribution in [2.75, 3.05) is 6.61 Å². The van der Waals surface area contributed by atoms with Crippen LogP contribution < -0.4 is 0 Å². The van der Waals surface area contributed by atoms with Crippen molar-refractivity contribution in [1.82, 2.24) is 0 Å². The van der Waals surface area contributed by atoms with Gasteiger partial charge in [0.1, 0.15) is 11.8 Å². The zero-order valence-corrected chi connectivity index (χ0v) is 10.9. The van der Waals surface area contributed by atoms with E-state index >= 15 is 0 Å². The Morgan fingerprint density at radius 2 is 2.21 bits per heavy atom. The summed E-state index contributed by atoms with van der Waals surface area (Å²) in [6, 6.07) is 7.67. The lowest BCUT2D eigenvalue weighted by Gasteiger charge is -2.07. The summed E-state index contributed by atoms with van der Waals surface area (Å²) in [4.78, 5) is 12.2. The van der Waals surface area contributed by atoms with Crippen LogP contribution in [0, 0.1) is 0 Å². The zero-order valence-electron chi connectivity index (χ0n) is 10.9. The second-order valence-electron chi connectivity index (χ2n) is 5.10. The van der Waals surface area contributed by atoms with Crippen LogP contribution in [-0.4, -0.2) is 18.5 Å². The second-order valence-corrected chi connectivity index (χ2v) is 5.10. The summed E-state index contributed by atoms with van der Waals surface area (Å²) in [6.07, 6.45) is 6.70. The highest BCUT2D eigenvalue weighted by atomic mass is 16.5. The van der Waals surface area contributed by atoms with Gasteiger partial charge >= 0.3 is 0 Å². The largest absolute Gasteiger partial charge is 0.464 e. The van der Waals surface area contributed by atoms with Gasteiger partial charge in [-0.3, -0.25) is 4.79 Å². The molecule has 100 valence electrons. The van der Waals surface area contributed by atoms with E-state index in [1.165, 1.54) is 0 Å². The van der Waals surface area contributed by atoms with Crippen LogP contribution >= 0.6 is 0 Å². The minimum atomic E-state index is 0.169. The van der Waals surface area contributed by atoms with Crippen molar-refractivity contribution in [2.45, 2.75) is 38.2 Å². The molecule has 1 fully saturated rings. The smallest absolute Gasteiger partial charge is 0.166 e. The number of ketones is 1. The molecule has 1 unspecified atom stereocenters. The monoisotopic (exact) mass is 258 g/mol. The molecule has 0 aliphatic carbocycles. The lowest BCUT2D eigenvalue weighted by Crippen LogP contribution is -2.06. The van der Waals surface area contributed by atoms with Gasteiger partial charge in [-0.1, -0.05) is 18.2 Å². The molecule has 1 aromatic carbocycles. The Morgan fingerprint density at radius 1 is 1.32 bits per heavy atom.